The molecule has 24 heavy (non-hydrogen) atoms. The zero-order valence-electron chi connectivity index (χ0n) is 13.7. The molecule has 0 atom stereocenters. The second kappa shape index (κ2) is 8.69. The Morgan fingerprint density at radius 2 is 1.33 bits per heavy atom. The monoisotopic (exact) mass is 345 g/mol. The number of benzene rings is 2. The molecule has 126 valence electrons. The van der Waals surface area contributed by atoms with E-state index in [1.165, 1.54) is 0 Å². The highest BCUT2D eigenvalue weighted by atomic mass is 31.2. The molecule has 0 saturated carbocycles. The van der Waals surface area contributed by atoms with Gasteiger partial charge in [0.2, 0.25) is 0 Å². The molecule has 0 saturated heterocycles. The summed E-state index contributed by atoms with van der Waals surface area (Å²) in [6.45, 7) is 3.83. The van der Waals surface area contributed by atoms with Crippen LogP contribution in [0.1, 0.15) is 25.0 Å². The summed E-state index contributed by atoms with van der Waals surface area (Å²) in [5, 5.41) is 3.35. The van der Waals surface area contributed by atoms with E-state index in [0.717, 1.165) is 0 Å². The second-order valence-corrected chi connectivity index (χ2v) is 6.81. The van der Waals surface area contributed by atoms with Crippen LogP contribution in [-0.2, 0) is 13.6 Å². The van der Waals surface area contributed by atoms with Crippen molar-refractivity contribution in [3.8, 4) is 0 Å². The van der Waals surface area contributed by atoms with Crippen molar-refractivity contribution in [1.29, 1.82) is 0 Å². The topological polar surface area (TPSA) is 65.0 Å². The number of rotatable bonds is 8. The van der Waals surface area contributed by atoms with Gasteiger partial charge in [-0.2, -0.15) is 0 Å². The van der Waals surface area contributed by atoms with Gasteiger partial charge in [-0.15, -0.1) is 4.91 Å². The zero-order valence-corrected chi connectivity index (χ0v) is 14.6. The molecule has 0 aliphatic heterocycles. The first-order valence-electron chi connectivity index (χ1n) is 7.74. The van der Waals surface area contributed by atoms with Gasteiger partial charge in [0, 0.05) is 5.56 Å². The summed E-state index contributed by atoms with van der Waals surface area (Å²) >= 11 is 0. The zero-order chi connectivity index (χ0) is 17.4. The van der Waals surface area contributed by atoms with E-state index in [1.807, 2.05) is 12.1 Å². The van der Waals surface area contributed by atoms with Gasteiger partial charge in [0.15, 0.2) is 0 Å². The van der Waals surface area contributed by atoms with Crippen LogP contribution >= 0.6 is 7.60 Å². The lowest BCUT2D eigenvalue weighted by Crippen LogP contribution is -2.01. The van der Waals surface area contributed by atoms with Crippen molar-refractivity contribution >= 4 is 18.6 Å². The summed E-state index contributed by atoms with van der Waals surface area (Å²) in [7, 11) is -3.70. The van der Waals surface area contributed by atoms with E-state index in [-0.39, 0.29) is 24.2 Å². The first-order valence-corrected chi connectivity index (χ1v) is 9.28. The SMILES string of the molecule is CCOP(=O)(OCC)/C(=C(\N=O)c1ccccc1)c1ccccc1. The summed E-state index contributed by atoms with van der Waals surface area (Å²) in [4.78, 5) is 11.6. The Kier molecular flexibility index (Phi) is 6.62. The van der Waals surface area contributed by atoms with Crippen LogP contribution in [0.25, 0.3) is 11.0 Å². The van der Waals surface area contributed by atoms with Crippen LogP contribution in [0.3, 0.4) is 0 Å². The van der Waals surface area contributed by atoms with E-state index in [1.54, 1.807) is 62.4 Å². The standard InChI is InChI=1S/C18H20NO4P/c1-3-22-24(21,23-4-2)18(16-13-9-6-10-14-16)17(19-20)15-11-7-5-8-12-15/h5-14H,3-4H2,1-2H3/b18-17-. The van der Waals surface area contributed by atoms with Crippen molar-refractivity contribution in [2.24, 2.45) is 5.18 Å². The lowest BCUT2D eigenvalue weighted by atomic mass is 10.1. The van der Waals surface area contributed by atoms with Gasteiger partial charge < -0.3 is 9.05 Å². The van der Waals surface area contributed by atoms with Gasteiger partial charge in [-0.25, -0.2) is 0 Å². The smallest absolute Gasteiger partial charge is 0.305 e. The fraction of sp³-hybridized carbons (Fsp3) is 0.222. The van der Waals surface area contributed by atoms with Crippen LogP contribution in [0, 0.1) is 4.91 Å². The molecule has 5 nitrogen and oxygen atoms in total. The number of nitroso groups, excluding NO2 is 1. The third kappa shape index (κ3) is 4.06. The van der Waals surface area contributed by atoms with E-state index in [4.69, 9.17) is 9.05 Å². The van der Waals surface area contributed by atoms with Gasteiger partial charge in [0.25, 0.3) is 0 Å². The summed E-state index contributed by atoms with van der Waals surface area (Å²) < 4.78 is 24.3. The maximum absolute atomic E-state index is 13.4. The highest BCUT2D eigenvalue weighted by Gasteiger charge is 2.35. The molecule has 0 aromatic heterocycles. The van der Waals surface area contributed by atoms with Crippen molar-refractivity contribution in [3.63, 3.8) is 0 Å². The van der Waals surface area contributed by atoms with Gasteiger partial charge in [-0.3, -0.25) is 4.57 Å². The van der Waals surface area contributed by atoms with Gasteiger partial charge in [0.1, 0.15) is 11.0 Å². The predicted molar refractivity (Wildman–Crippen MR) is 96.4 cm³/mol. The lowest BCUT2D eigenvalue weighted by Gasteiger charge is -2.21. The molecule has 0 radical (unpaired) electrons. The molecule has 0 fully saturated rings. The molecule has 0 heterocycles. The summed E-state index contributed by atoms with van der Waals surface area (Å²) in [6, 6.07) is 17.8. The van der Waals surface area contributed by atoms with Crippen molar-refractivity contribution < 1.29 is 13.6 Å². The predicted octanol–water partition coefficient (Wildman–Crippen LogP) is 5.54. The molecule has 0 N–H and O–H groups in total. The molecule has 2 aromatic carbocycles. The molecule has 6 heteroatoms. The summed E-state index contributed by atoms with van der Waals surface area (Å²) in [5.74, 6) is 0. The van der Waals surface area contributed by atoms with Crippen LogP contribution in [0.2, 0.25) is 0 Å². The van der Waals surface area contributed by atoms with Crippen LogP contribution in [-0.4, -0.2) is 13.2 Å². The van der Waals surface area contributed by atoms with Crippen molar-refractivity contribution in [1.82, 2.24) is 0 Å². The Labute approximate surface area is 141 Å². The molecule has 0 bridgehead atoms. The van der Waals surface area contributed by atoms with E-state index < -0.39 is 7.60 Å². The van der Waals surface area contributed by atoms with Gasteiger partial charge >= 0.3 is 7.60 Å². The first kappa shape index (κ1) is 18.3. The van der Waals surface area contributed by atoms with E-state index >= 15 is 0 Å². The lowest BCUT2D eigenvalue weighted by molar-refractivity contribution is 0.230. The fourth-order valence-electron chi connectivity index (χ4n) is 2.36. The van der Waals surface area contributed by atoms with Crippen LogP contribution < -0.4 is 0 Å². The van der Waals surface area contributed by atoms with Gasteiger partial charge in [0.05, 0.1) is 13.2 Å². The molecule has 0 spiro atoms. The van der Waals surface area contributed by atoms with Gasteiger partial charge in [-0.05, 0) is 24.6 Å². The van der Waals surface area contributed by atoms with E-state index in [0.29, 0.717) is 11.1 Å². The quantitative estimate of drug-likeness (QED) is 0.358. The summed E-state index contributed by atoms with van der Waals surface area (Å²) in [6.07, 6.45) is 0. The van der Waals surface area contributed by atoms with Crippen molar-refractivity contribution in [3.05, 3.63) is 76.7 Å². The molecule has 0 amide bonds. The number of nitrogens with zero attached hydrogens (tertiary/aromatic N) is 1. The Hall–Kier alpha value is -2.07. The molecular formula is C18H20NO4P. The largest absolute Gasteiger partial charge is 0.364 e. The molecule has 0 unspecified atom stereocenters. The Bertz CT molecular complexity index is 734. The Balaban J connectivity index is 2.77. The minimum absolute atomic E-state index is 0.0621. The van der Waals surface area contributed by atoms with E-state index in [2.05, 4.69) is 5.18 Å². The van der Waals surface area contributed by atoms with Crippen LogP contribution in [0.15, 0.2) is 65.8 Å². The van der Waals surface area contributed by atoms with Gasteiger partial charge in [-0.1, -0.05) is 60.7 Å². The third-order valence-corrected chi connectivity index (χ3v) is 5.50. The molecule has 2 rings (SSSR count). The molecule has 0 aliphatic carbocycles. The average Bonchev–Trinajstić information content (AvgIpc) is 2.61. The highest BCUT2D eigenvalue weighted by molar-refractivity contribution is 7.65. The Morgan fingerprint density at radius 1 is 0.875 bits per heavy atom. The highest BCUT2D eigenvalue weighted by Crippen LogP contribution is 2.62. The van der Waals surface area contributed by atoms with Crippen LogP contribution in [0.4, 0.5) is 0 Å². The maximum Gasteiger partial charge on any atom is 0.364 e. The third-order valence-electron chi connectivity index (χ3n) is 3.28. The Morgan fingerprint density at radius 3 is 1.75 bits per heavy atom. The van der Waals surface area contributed by atoms with Crippen molar-refractivity contribution in [2.45, 2.75) is 13.8 Å². The second-order valence-electron chi connectivity index (χ2n) is 4.85. The van der Waals surface area contributed by atoms with Crippen molar-refractivity contribution in [2.75, 3.05) is 13.2 Å². The fourth-order valence-corrected chi connectivity index (χ4v) is 4.26. The molecule has 2 aromatic rings. The summed E-state index contributed by atoms with van der Waals surface area (Å²) in [5.41, 5.74) is 1.21. The minimum Gasteiger partial charge on any atom is -0.305 e. The average molecular weight is 345 g/mol. The first-order chi connectivity index (χ1) is 11.7. The number of hydrogen-bond donors (Lipinski definition) is 0. The molecule has 0 aliphatic rings. The van der Waals surface area contributed by atoms with Crippen LogP contribution in [0.5, 0.6) is 0 Å². The number of hydrogen-bond acceptors (Lipinski definition) is 5. The minimum atomic E-state index is -3.70. The maximum atomic E-state index is 13.4. The molecular weight excluding hydrogens is 325 g/mol. The van der Waals surface area contributed by atoms with E-state index in [9.17, 15) is 9.47 Å². The normalized spacial score (nSPS) is 12.6.